The highest BCUT2D eigenvalue weighted by Gasteiger charge is 2.47. The van der Waals surface area contributed by atoms with E-state index in [2.05, 4.69) is 0 Å². The normalized spacial score (nSPS) is 12.9. The van der Waals surface area contributed by atoms with Crippen LogP contribution in [0.2, 0.25) is 0 Å². The molecular weight excluding hydrogens is 354 g/mol. The zero-order valence-corrected chi connectivity index (χ0v) is 15.6. The minimum Gasteiger partial charge on any atom is -0.467 e. The number of hydrogen-bond acceptors (Lipinski definition) is 4. The predicted molar refractivity (Wildman–Crippen MR) is 97.0 cm³/mol. The second-order valence-electron chi connectivity index (χ2n) is 6.71. The molecule has 1 N–H and O–H groups in total. The lowest BCUT2D eigenvalue weighted by molar-refractivity contribution is -0.171. The molecule has 0 saturated carbocycles. The average Bonchev–Trinajstić information content (AvgIpc) is 2.65. The molecule has 1 atom stereocenters. The summed E-state index contributed by atoms with van der Waals surface area (Å²) in [4.78, 5) is 12.2. The summed E-state index contributed by atoms with van der Waals surface area (Å²) in [6, 6.07) is 10.6. The maximum absolute atomic E-state index is 13.5. The summed E-state index contributed by atoms with van der Waals surface area (Å²) in [5.74, 6) is -1.53. The molecule has 0 spiro atoms. The van der Waals surface area contributed by atoms with Crippen LogP contribution in [0, 0.1) is 17.6 Å². The second kappa shape index (κ2) is 9.06. The van der Waals surface area contributed by atoms with Crippen LogP contribution in [0.4, 0.5) is 8.78 Å². The molecule has 146 valence electrons. The number of methoxy groups -OCH3 is 1. The first kappa shape index (κ1) is 21.0. The number of aliphatic hydroxyl groups is 1. The zero-order chi connectivity index (χ0) is 20.0. The van der Waals surface area contributed by atoms with Crippen molar-refractivity contribution < 1.29 is 28.2 Å². The van der Waals surface area contributed by atoms with Crippen molar-refractivity contribution in [1.29, 1.82) is 0 Å². The quantitative estimate of drug-likeness (QED) is 0.710. The van der Waals surface area contributed by atoms with Crippen molar-refractivity contribution in [3.8, 4) is 0 Å². The fourth-order valence-electron chi connectivity index (χ4n) is 2.86. The summed E-state index contributed by atoms with van der Waals surface area (Å²) in [6.45, 7) is 4.25. The second-order valence-corrected chi connectivity index (χ2v) is 6.71. The maximum atomic E-state index is 13.5. The molecule has 0 bridgehead atoms. The number of aliphatic hydroxyl groups excluding tert-OH is 1. The van der Waals surface area contributed by atoms with Gasteiger partial charge in [-0.3, -0.25) is 0 Å². The van der Waals surface area contributed by atoms with E-state index in [9.17, 15) is 18.7 Å². The van der Waals surface area contributed by atoms with Crippen LogP contribution in [-0.2, 0) is 19.9 Å². The highest BCUT2D eigenvalue weighted by Crippen LogP contribution is 2.38. The van der Waals surface area contributed by atoms with E-state index in [0.717, 1.165) is 7.11 Å². The van der Waals surface area contributed by atoms with E-state index in [4.69, 9.17) is 9.47 Å². The van der Waals surface area contributed by atoms with Crippen LogP contribution >= 0.6 is 0 Å². The molecule has 2 aromatic carbocycles. The van der Waals surface area contributed by atoms with Crippen LogP contribution in [0.1, 0.15) is 31.4 Å². The van der Waals surface area contributed by atoms with Gasteiger partial charge in [0.25, 0.3) is 0 Å². The Morgan fingerprint density at radius 2 is 1.44 bits per heavy atom. The molecule has 0 amide bonds. The van der Waals surface area contributed by atoms with Gasteiger partial charge >= 0.3 is 5.97 Å². The standard InChI is InChI=1S/C21H24F2O4/c1-14(2)12-13-27-21(19(24)20(25)26-3,15-4-8-17(22)9-5-15)16-6-10-18(23)11-7-16/h4-11,14,19,24H,12-13H2,1-3H3. The number of rotatable bonds is 8. The van der Waals surface area contributed by atoms with Crippen molar-refractivity contribution in [3.63, 3.8) is 0 Å². The molecule has 0 fully saturated rings. The lowest BCUT2D eigenvalue weighted by Gasteiger charge is -2.38. The summed E-state index contributed by atoms with van der Waals surface area (Å²) in [7, 11) is 1.15. The van der Waals surface area contributed by atoms with Crippen LogP contribution < -0.4 is 0 Å². The van der Waals surface area contributed by atoms with Gasteiger partial charge in [-0.25, -0.2) is 13.6 Å². The SMILES string of the molecule is COC(=O)C(O)C(OCCC(C)C)(c1ccc(F)cc1)c1ccc(F)cc1. The number of halogens is 2. The molecule has 2 aromatic rings. The Morgan fingerprint density at radius 1 is 1.00 bits per heavy atom. The van der Waals surface area contributed by atoms with Crippen LogP contribution in [0.25, 0.3) is 0 Å². The number of esters is 1. The third-order valence-electron chi connectivity index (χ3n) is 4.38. The minimum atomic E-state index is -1.73. The molecule has 0 aromatic heterocycles. The monoisotopic (exact) mass is 378 g/mol. The van der Waals surface area contributed by atoms with Crippen LogP contribution in [0.5, 0.6) is 0 Å². The molecule has 6 heteroatoms. The van der Waals surface area contributed by atoms with E-state index in [1.807, 2.05) is 13.8 Å². The Balaban J connectivity index is 2.64. The molecule has 0 aliphatic rings. The fraction of sp³-hybridized carbons (Fsp3) is 0.381. The first-order chi connectivity index (χ1) is 12.8. The zero-order valence-electron chi connectivity index (χ0n) is 15.6. The van der Waals surface area contributed by atoms with Gasteiger partial charge < -0.3 is 14.6 Å². The Morgan fingerprint density at radius 3 is 1.81 bits per heavy atom. The van der Waals surface area contributed by atoms with Crippen molar-refractivity contribution in [3.05, 3.63) is 71.3 Å². The number of carbonyl (C=O) groups excluding carboxylic acids is 1. The molecule has 0 heterocycles. The van der Waals surface area contributed by atoms with Crippen molar-refractivity contribution in [2.45, 2.75) is 32.0 Å². The van der Waals surface area contributed by atoms with E-state index in [1.54, 1.807) is 0 Å². The summed E-state index contributed by atoms with van der Waals surface area (Å²) >= 11 is 0. The van der Waals surface area contributed by atoms with Gasteiger partial charge in [-0.15, -0.1) is 0 Å². The van der Waals surface area contributed by atoms with Crippen LogP contribution in [0.3, 0.4) is 0 Å². The van der Waals surface area contributed by atoms with Crippen LogP contribution in [0.15, 0.2) is 48.5 Å². The molecule has 27 heavy (non-hydrogen) atoms. The first-order valence-corrected chi connectivity index (χ1v) is 8.73. The van der Waals surface area contributed by atoms with E-state index in [1.165, 1.54) is 48.5 Å². The topological polar surface area (TPSA) is 55.8 Å². The van der Waals surface area contributed by atoms with Gasteiger partial charge in [-0.1, -0.05) is 38.1 Å². The minimum absolute atomic E-state index is 0.223. The molecule has 0 aliphatic heterocycles. The highest BCUT2D eigenvalue weighted by atomic mass is 19.1. The summed E-state index contributed by atoms with van der Waals surface area (Å²) < 4.78 is 37.7. The number of benzene rings is 2. The van der Waals surface area contributed by atoms with Crippen molar-refractivity contribution >= 4 is 5.97 Å². The van der Waals surface area contributed by atoms with Gasteiger partial charge in [-0.2, -0.15) is 0 Å². The Labute approximate surface area is 157 Å². The van der Waals surface area contributed by atoms with Gasteiger partial charge in [0.05, 0.1) is 7.11 Å². The third-order valence-corrected chi connectivity index (χ3v) is 4.38. The molecule has 0 radical (unpaired) electrons. The van der Waals surface area contributed by atoms with E-state index in [-0.39, 0.29) is 6.61 Å². The van der Waals surface area contributed by atoms with E-state index >= 15 is 0 Å². The largest absolute Gasteiger partial charge is 0.467 e. The Kier molecular flexibility index (Phi) is 7.05. The number of ether oxygens (including phenoxy) is 2. The fourth-order valence-corrected chi connectivity index (χ4v) is 2.86. The van der Waals surface area contributed by atoms with Gasteiger partial charge in [0.2, 0.25) is 0 Å². The van der Waals surface area contributed by atoms with Gasteiger partial charge in [0.15, 0.2) is 11.7 Å². The van der Waals surface area contributed by atoms with E-state index < -0.39 is 29.3 Å². The lowest BCUT2D eigenvalue weighted by Crippen LogP contribution is -2.48. The van der Waals surface area contributed by atoms with Crippen molar-refractivity contribution in [1.82, 2.24) is 0 Å². The summed E-state index contributed by atoms with van der Waals surface area (Å²) in [6.07, 6.45) is -1.07. The Bertz CT molecular complexity index is 696. The molecular formula is C21H24F2O4. The first-order valence-electron chi connectivity index (χ1n) is 8.73. The highest BCUT2D eigenvalue weighted by molar-refractivity contribution is 5.77. The maximum Gasteiger partial charge on any atom is 0.338 e. The van der Waals surface area contributed by atoms with Crippen LogP contribution in [-0.4, -0.2) is 30.9 Å². The molecule has 0 saturated heterocycles. The molecule has 1 unspecified atom stereocenters. The Hall–Kier alpha value is -2.31. The average molecular weight is 378 g/mol. The number of hydrogen-bond donors (Lipinski definition) is 1. The predicted octanol–water partition coefficient (Wildman–Crippen LogP) is 3.81. The van der Waals surface area contributed by atoms with Gasteiger partial charge in [0.1, 0.15) is 11.6 Å². The lowest BCUT2D eigenvalue weighted by atomic mass is 9.81. The molecule has 4 nitrogen and oxygen atoms in total. The number of carbonyl (C=O) groups is 1. The third kappa shape index (κ3) is 4.70. The van der Waals surface area contributed by atoms with Crippen molar-refractivity contribution in [2.75, 3.05) is 13.7 Å². The van der Waals surface area contributed by atoms with Gasteiger partial charge in [0, 0.05) is 6.61 Å². The van der Waals surface area contributed by atoms with E-state index in [0.29, 0.717) is 23.5 Å². The molecule has 0 aliphatic carbocycles. The summed E-state index contributed by atoms with van der Waals surface area (Å²) in [5.41, 5.74) is -0.946. The molecule has 2 rings (SSSR count). The summed E-state index contributed by atoms with van der Waals surface area (Å²) in [5, 5.41) is 10.9. The van der Waals surface area contributed by atoms with Gasteiger partial charge in [-0.05, 0) is 47.7 Å². The smallest absolute Gasteiger partial charge is 0.338 e. The van der Waals surface area contributed by atoms with Crippen molar-refractivity contribution in [2.24, 2.45) is 5.92 Å².